The summed E-state index contributed by atoms with van der Waals surface area (Å²) in [7, 11) is 0. The Bertz CT molecular complexity index is 235. The minimum Gasteiger partial charge on any atom is -0.478 e. The lowest BCUT2D eigenvalue weighted by atomic mass is 10.2. The Morgan fingerprint density at radius 1 is 1.50 bits per heavy atom. The molecule has 0 fully saturated rings. The molecule has 0 aliphatic carbocycles. The van der Waals surface area contributed by atoms with Crippen molar-refractivity contribution in [1.82, 2.24) is 0 Å². The highest BCUT2D eigenvalue weighted by molar-refractivity contribution is 5.92. The van der Waals surface area contributed by atoms with Crippen LogP contribution in [0.1, 0.15) is 26.2 Å². The van der Waals surface area contributed by atoms with Gasteiger partial charge in [-0.25, -0.2) is 9.18 Å². The number of carboxylic acids is 1. The lowest BCUT2D eigenvalue weighted by molar-refractivity contribution is -0.145. The smallest absolute Gasteiger partial charge is 0.334 e. The normalized spacial score (nSPS) is 11.1. The predicted octanol–water partition coefficient (Wildman–Crippen LogP) is 1.66. The molecule has 0 saturated heterocycles. The first-order valence-electron chi connectivity index (χ1n) is 4.30. The van der Waals surface area contributed by atoms with E-state index in [0.29, 0.717) is 6.42 Å². The highest BCUT2D eigenvalue weighted by Gasteiger charge is 2.13. The van der Waals surface area contributed by atoms with Crippen molar-refractivity contribution >= 4 is 11.9 Å². The third-order valence-electron chi connectivity index (χ3n) is 1.50. The van der Waals surface area contributed by atoms with E-state index in [0.717, 1.165) is 6.42 Å². The standard InChI is InChI=1S/C9H13FO4/c1-2-3-4-14-8(11)5-7(6-10)9(12)13/h6H,2-5H2,1H3,(H,12,13)/b7-6+. The third-order valence-corrected chi connectivity index (χ3v) is 1.50. The lowest BCUT2D eigenvalue weighted by Gasteiger charge is -2.02. The van der Waals surface area contributed by atoms with Gasteiger partial charge in [0.15, 0.2) is 0 Å². The van der Waals surface area contributed by atoms with Gasteiger partial charge in [0.25, 0.3) is 0 Å². The molecule has 0 unspecified atom stereocenters. The van der Waals surface area contributed by atoms with E-state index in [-0.39, 0.29) is 12.9 Å². The van der Waals surface area contributed by atoms with Crippen molar-refractivity contribution in [2.24, 2.45) is 0 Å². The number of carbonyl (C=O) groups is 2. The minimum atomic E-state index is -1.44. The number of carboxylic acid groups (broad SMARTS) is 1. The van der Waals surface area contributed by atoms with Crippen LogP contribution in [0.25, 0.3) is 0 Å². The quantitative estimate of drug-likeness (QED) is 0.406. The molecule has 0 heterocycles. The highest BCUT2D eigenvalue weighted by atomic mass is 19.1. The average molecular weight is 204 g/mol. The molecule has 0 atom stereocenters. The molecule has 0 aromatic carbocycles. The van der Waals surface area contributed by atoms with Crippen molar-refractivity contribution < 1.29 is 23.8 Å². The van der Waals surface area contributed by atoms with E-state index >= 15 is 0 Å². The van der Waals surface area contributed by atoms with Gasteiger partial charge in [0.2, 0.25) is 0 Å². The number of hydrogen-bond donors (Lipinski definition) is 1. The number of unbranched alkanes of at least 4 members (excludes halogenated alkanes) is 1. The Hall–Kier alpha value is -1.39. The Kier molecular flexibility index (Phi) is 6.36. The summed E-state index contributed by atoms with van der Waals surface area (Å²) in [6.07, 6.45) is 0.963. The second-order valence-corrected chi connectivity index (χ2v) is 2.69. The van der Waals surface area contributed by atoms with Crippen LogP contribution in [0.3, 0.4) is 0 Å². The number of carbonyl (C=O) groups excluding carboxylic acids is 1. The summed E-state index contributed by atoms with van der Waals surface area (Å²) in [5.41, 5.74) is -0.591. The van der Waals surface area contributed by atoms with Crippen molar-refractivity contribution in [3.05, 3.63) is 11.9 Å². The Labute approximate surface area is 81.4 Å². The van der Waals surface area contributed by atoms with Gasteiger partial charge in [-0.2, -0.15) is 0 Å². The van der Waals surface area contributed by atoms with Gasteiger partial charge in [0, 0.05) is 0 Å². The number of hydrogen-bond acceptors (Lipinski definition) is 3. The molecule has 0 aliphatic rings. The molecule has 4 nitrogen and oxygen atoms in total. The van der Waals surface area contributed by atoms with E-state index in [1.54, 1.807) is 0 Å². The Balaban J connectivity index is 3.87. The molecule has 0 saturated carbocycles. The van der Waals surface area contributed by atoms with E-state index in [1.165, 1.54) is 0 Å². The van der Waals surface area contributed by atoms with E-state index in [9.17, 15) is 14.0 Å². The van der Waals surface area contributed by atoms with E-state index in [4.69, 9.17) is 5.11 Å². The summed E-state index contributed by atoms with van der Waals surface area (Å²) in [6.45, 7) is 2.17. The van der Waals surface area contributed by atoms with Crippen molar-refractivity contribution in [2.45, 2.75) is 26.2 Å². The summed E-state index contributed by atoms with van der Waals surface area (Å²) >= 11 is 0. The molecule has 0 radical (unpaired) electrons. The summed E-state index contributed by atoms with van der Waals surface area (Å²) in [5, 5.41) is 8.38. The van der Waals surface area contributed by atoms with Gasteiger partial charge >= 0.3 is 11.9 Å². The first-order valence-corrected chi connectivity index (χ1v) is 4.30. The average Bonchev–Trinajstić information content (AvgIpc) is 2.14. The molecule has 0 aliphatic heterocycles. The second-order valence-electron chi connectivity index (χ2n) is 2.69. The summed E-state index contributed by atoms with van der Waals surface area (Å²) in [6, 6.07) is 0. The molecule has 0 aromatic heterocycles. The maximum Gasteiger partial charge on any atom is 0.334 e. The number of halogens is 1. The van der Waals surface area contributed by atoms with Crippen LogP contribution in [0.4, 0.5) is 4.39 Å². The molecular formula is C9H13FO4. The fourth-order valence-electron chi connectivity index (χ4n) is 0.698. The van der Waals surface area contributed by atoms with Crippen molar-refractivity contribution in [3.8, 4) is 0 Å². The zero-order valence-electron chi connectivity index (χ0n) is 7.96. The first-order chi connectivity index (χ1) is 6.61. The van der Waals surface area contributed by atoms with Crippen molar-refractivity contribution in [3.63, 3.8) is 0 Å². The van der Waals surface area contributed by atoms with Crippen molar-refractivity contribution in [2.75, 3.05) is 6.61 Å². The second kappa shape index (κ2) is 7.06. The molecule has 80 valence electrons. The zero-order valence-corrected chi connectivity index (χ0v) is 7.96. The topological polar surface area (TPSA) is 63.6 Å². The van der Waals surface area contributed by atoms with Crippen LogP contribution in [0.2, 0.25) is 0 Å². The van der Waals surface area contributed by atoms with Gasteiger partial charge in [0.05, 0.1) is 24.9 Å². The van der Waals surface area contributed by atoms with Crippen LogP contribution < -0.4 is 0 Å². The van der Waals surface area contributed by atoms with Crippen LogP contribution in [0.5, 0.6) is 0 Å². The van der Waals surface area contributed by atoms with Crippen LogP contribution in [0, 0.1) is 0 Å². The molecule has 0 rings (SSSR count). The first kappa shape index (κ1) is 12.6. The SMILES string of the molecule is CCCCOC(=O)C/C(=C\F)C(=O)O. The zero-order chi connectivity index (χ0) is 11.0. The number of aliphatic carboxylic acids is 1. The van der Waals surface area contributed by atoms with Crippen LogP contribution in [-0.4, -0.2) is 23.7 Å². The molecule has 14 heavy (non-hydrogen) atoms. The minimum absolute atomic E-state index is 0.0938. The molecular weight excluding hydrogens is 191 g/mol. The molecule has 0 aromatic rings. The summed E-state index contributed by atoms with van der Waals surface area (Å²) in [5.74, 6) is -2.16. The van der Waals surface area contributed by atoms with Gasteiger partial charge in [-0.05, 0) is 6.42 Å². The predicted molar refractivity (Wildman–Crippen MR) is 47.3 cm³/mol. The summed E-state index contributed by atoms with van der Waals surface area (Å²) in [4.78, 5) is 21.2. The fraction of sp³-hybridized carbons (Fsp3) is 0.556. The van der Waals surface area contributed by atoms with Crippen LogP contribution >= 0.6 is 0 Å². The monoisotopic (exact) mass is 204 g/mol. The molecule has 1 N–H and O–H groups in total. The molecule has 5 heteroatoms. The Morgan fingerprint density at radius 3 is 2.57 bits per heavy atom. The highest BCUT2D eigenvalue weighted by Crippen LogP contribution is 2.04. The maximum absolute atomic E-state index is 11.9. The third kappa shape index (κ3) is 5.29. The summed E-state index contributed by atoms with van der Waals surface area (Å²) < 4.78 is 16.6. The lowest BCUT2D eigenvalue weighted by Crippen LogP contribution is -2.11. The number of ether oxygens (including phenoxy) is 1. The van der Waals surface area contributed by atoms with Gasteiger partial charge in [-0.15, -0.1) is 0 Å². The fourth-order valence-corrected chi connectivity index (χ4v) is 0.698. The van der Waals surface area contributed by atoms with Crippen LogP contribution in [0.15, 0.2) is 11.9 Å². The van der Waals surface area contributed by atoms with E-state index in [2.05, 4.69) is 4.74 Å². The van der Waals surface area contributed by atoms with Gasteiger partial charge in [0.1, 0.15) is 0 Å². The van der Waals surface area contributed by atoms with Gasteiger partial charge in [-0.1, -0.05) is 13.3 Å². The van der Waals surface area contributed by atoms with E-state index in [1.807, 2.05) is 6.92 Å². The Morgan fingerprint density at radius 2 is 2.14 bits per heavy atom. The molecule has 0 bridgehead atoms. The van der Waals surface area contributed by atoms with Gasteiger partial charge in [-0.3, -0.25) is 4.79 Å². The largest absolute Gasteiger partial charge is 0.478 e. The van der Waals surface area contributed by atoms with Crippen LogP contribution in [-0.2, 0) is 14.3 Å². The number of esters is 1. The van der Waals surface area contributed by atoms with Gasteiger partial charge < -0.3 is 9.84 Å². The number of rotatable bonds is 6. The van der Waals surface area contributed by atoms with Crippen molar-refractivity contribution in [1.29, 1.82) is 0 Å². The van der Waals surface area contributed by atoms with E-state index < -0.39 is 23.9 Å². The molecule has 0 spiro atoms. The maximum atomic E-state index is 11.9. The molecule has 0 amide bonds.